The highest BCUT2D eigenvalue weighted by Gasteiger charge is 2.06. The minimum Gasteiger partial charge on any atom is -0.497 e. The first-order valence-electron chi connectivity index (χ1n) is 6.04. The van der Waals surface area contributed by atoms with E-state index in [4.69, 9.17) is 9.47 Å². The average Bonchev–Trinajstić information content (AvgIpc) is 2.84. The molecule has 0 aliphatic carbocycles. The summed E-state index contributed by atoms with van der Waals surface area (Å²) in [4.78, 5) is 5.44. The van der Waals surface area contributed by atoms with E-state index in [2.05, 4.69) is 4.98 Å². The summed E-state index contributed by atoms with van der Waals surface area (Å²) >= 11 is 1.64. The van der Waals surface area contributed by atoms with Crippen molar-refractivity contribution in [3.63, 3.8) is 0 Å². The number of aliphatic hydroxyl groups excluding tert-OH is 1. The molecule has 0 saturated carbocycles. The fraction of sp³-hybridized carbons (Fsp3) is 0.357. The van der Waals surface area contributed by atoms with Gasteiger partial charge in [-0.25, -0.2) is 4.98 Å². The number of aryl methyl sites for hydroxylation is 1. The summed E-state index contributed by atoms with van der Waals surface area (Å²) in [5.74, 6) is 1.39. The number of ether oxygens (including phenoxy) is 2. The van der Waals surface area contributed by atoms with Crippen molar-refractivity contribution in [3.05, 3.63) is 39.8 Å². The van der Waals surface area contributed by atoms with Crippen molar-refractivity contribution in [2.75, 3.05) is 13.7 Å². The first-order chi connectivity index (χ1) is 9.24. The molecule has 0 aliphatic heterocycles. The average molecular weight is 279 g/mol. The Labute approximate surface area is 116 Å². The lowest BCUT2D eigenvalue weighted by molar-refractivity contribution is 0.263. The smallest absolute Gasteiger partial charge is 0.128 e. The molecule has 0 atom stereocenters. The maximum atomic E-state index is 9.28. The van der Waals surface area contributed by atoms with Crippen LogP contribution < -0.4 is 9.47 Å². The van der Waals surface area contributed by atoms with E-state index >= 15 is 0 Å². The molecule has 0 radical (unpaired) electrons. The Balaban J connectivity index is 2.00. The van der Waals surface area contributed by atoms with Crippen molar-refractivity contribution >= 4 is 11.3 Å². The second-order valence-corrected chi connectivity index (χ2v) is 5.03. The normalized spacial score (nSPS) is 10.5. The Bertz CT molecular complexity index is 539. The molecular weight excluding hydrogens is 262 g/mol. The van der Waals surface area contributed by atoms with E-state index in [1.54, 1.807) is 24.5 Å². The van der Waals surface area contributed by atoms with Gasteiger partial charge in [0.2, 0.25) is 0 Å². The van der Waals surface area contributed by atoms with Crippen molar-refractivity contribution in [1.29, 1.82) is 0 Å². The number of benzene rings is 1. The van der Waals surface area contributed by atoms with Gasteiger partial charge in [0.05, 0.1) is 31.5 Å². The molecule has 0 aliphatic rings. The Morgan fingerprint density at radius 1 is 1.37 bits per heavy atom. The first kappa shape index (κ1) is 13.8. The van der Waals surface area contributed by atoms with Gasteiger partial charge in [-0.2, -0.15) is 0 Å². The van der Waals surface area contributed by atoms with E-state index in [9.17, 15) is 5.11 Å². The maximum Gasteiger partial charge on any atom is 0.128 e. The number of hydrogen-bond acceptors (Lipinski definition) is 5. The van der Waals surface area contributed by atoms with Crippen LogP contribution in [0.1, 0.15) is 16.1 Å². The molecular formula is C14H17NO3S. The summed E-state index contributed by atoms with van der Waals surface area (Å²) in [5, 5.41) is 9.28. The van der Waals surface area contributed by atoms with Crippen LogP contribution in [0.4, 0.5) is 0 Å². The number of thiazole rings is 1. The van der Waals surface area contributed by atoms with E-state index in [1.807, 2.05) is 24.6 Å². The largest absolute Gasteiger partial charge is 0.497 e. The third kappa shape index (κ3) is 3.45. The van der Waals surface area contributed by atoms with E-state index in [1.165, 1.54) is 4.88 Å². The molecule has 1 aromatic heterocycles. The summed E-state index contributed by atoms with van der Waals surface area (Å²) < 4.78 is 10.9. The van der Waals surface area contributed by atoms with Crippen LogP contribution in [0.2, 0.25) is 0 Å². The van der Waals surface area contributed by atoms with Gasteiger partial charge in [-0.3, -0.25) is 0 Å². The zero-order chi connectivity index (χ0) is 13.7. The number of nitrogens with zero attached hydrogens (tertiary/aromatic N) is 1. The molecule has 2 aromatic rings. The Hall–Kier alpha value is -1.59. The molecule has 1 heterocycles. The molecule has 1 aromatic carbocycles. The molecule has 0 spiro atoms. The van der Waals surface area contributed by atoms with Gasteiger partial charge in [-0.15, -0.1) is 11.3 Å². The maximum absolute atomic E-state index is 9.28. The van der Waals surface area contributed by atoms with Gasteiger partial charge in [-0.05, 0) is 19.1 Å². The lowest BCUT2D eigenvalue weighted by Gasteiger charge is -2.11. The van der Waals surface area contributed by atoms with Crippen molar-refractivity contribution in [2.24, 2.45) is 0 Å². The van der Waals surface area contributed by atoms with Crippen molar-refractivity contribution in [3.8, 4) is 11.5 Å². The Morgan fingerprint density at radius 2 is 2.21 bits per heavy atom. The molecule has 2 rings (SSSR count). The third-order valence-electron chi connectivity index (χ3n) is 2.88. The van der Waals surface area contributed by atoms with Gasteiger partial charge in [0.25, 0.3) is 0 Å². The first-order valence-corrected chi connectivity index (χ1v) is 6.92. The van der Waals surface area contributed by atoms with Crippen LogP contribution in [0.25, 0.3) is 0 Å². The van der Waals surface area contributed by atoms with Gasteiger partial charge < -0.3 is 14.6 Å². The summed E-state index contributed by atoms with van der Waals surface area (Å²) in [6, 6.07) is 5.42. The van der Waals surface area contributed by atoms with Crippen LogP contribution in [0.5, 0.6) is 11.5 Å². The summed E-state index contributed by atoms with van der Waals surface area (Å²) in [6.07, 6.45) is 0.818. The second-order valence-electron chi connectivity index (χ2n) is 4.09. The van der Waals surface area contributed by atoms with Gasteiger partial charge in [-0.1, -0.05) is 0 Å². The number of aromatic nitrogens is 1. The molecule has 0 unspecified atom stereocenters. The highest BCUT2D eigenvalue weighted by Crippen LogP contribution is 2.25. The molecule has 102 valence electrons. The number of methoxy groups -OCH3 is 1. The van der Waals surface area contributed by atoms with Gasteiger partial charge in [0.1, 0.15) is 11.5 Å². The van der Waals surface area contributed by atoms with E-state index in [0.717, 1.165) is 23.4 Å². The molecule has 0 saturated heterocycles. The second kappa shape index (κ2) is 6.54. The van der Waals surface area contributed by atoms with Crippen LogP contribution in [-0.4, -0.2) is 23.8 Å². The predicted octanol–water partition coefficient (Wildman–Crippen LogP) is 2.57. The molecule has 5 heteroatoms. The van der Waals surface area contributed by atoms with Gasteiger partial charge >= 0.3 is 0 Å². The Kier molecular flexibility index (Phi) is 4.76. The molecule has 4 nitrogen and oxygen atoms in total. The Morgan fingerprint density at radius 3 is 2.84 bits per heavy atom. The number of hydrogen-bond donors (Lipinski definition) is 1. The third-order valence-corrected chi connectivity index (χ3v) is 3.87. The van der Waals surface area contributed by atoms with Gasteiger partial charge in [0, 0.05) is 22.9 Å². The van der Waals surface area contributed by atoms with Crippen LogP contribution in [0.15, 0.2) is 23.7 Å². The fourth-order valence-electron chi connectivity index (χ4n) is 1.75. The molecule has 1 N–H and O–H groups in total. The standard InChI is InChI=1S/C14H17NO3S/c1-10-14(19-9-15-10)5-6-18-13-7-12(17-2)4-3-11(13)8-16/h3-4,7,9,16H,5-6,8H2,1-2H3. The summed E-state index contributed by atoms with van der Waals surface area (Å²) in [6.45, 7) is 2.51. The molecule has 19 heavy (non-hydrogen) atoms. The minimum absolute atomic E-state index is 0.0427. The van der Waals surface area contributed by atoms with E-state index in [0.29, 0.717) is 12.4 Å². The predicted molar refractivity (Wildman–Crippen MR) is 75.0 cm³/mol. The zero-order valence-corrected chi connectivity index (χ0v) is 11.9. The zero-order valence-electron chi connectivity index (χ0n) is 11.0. The van der Waals surface area contributed by atoms with Crippen LogP contribution in [-0.2, 0) is 13.0 Å². The number of aliphatic hydroxyl groups is 1. The number of rotatable bonds is 6. The van der Waals surface area contributed by atoms with Crippen LogP contribution in [0.3, 0.4) is 0 Å². The SMILES string of the molecule is COc1ccc(CO)c(OCCc2scnc2C)c1. The summed E-state index contributed by atoms with van der Waals surface area (Å²) in [7, 11) is 1.61. The van der Waals surface area contributed by atoms with E-state index < -0.39 is 0 Å². The minimum atomic E-state index is -0.0427. The fourth-order valence-corrected chi connectivity index (χ4v) is 2.51. The van der Waals surface area contributed by atoms with Gasteiger partial charge in [0.15, 0.2) is 0 Å². The summed E-state index contributed by atoms with van der Waals surface area (Å²) in [5.41, 5.74) is 3.67. The van der Waals surface area contributed by atoms with Crippen molar-refractivity contribution < 1.29 is 14.6 Å². The molecule has 0 bridgehead atoms. The van der Waals surface area contributed by atoms with Crippen molar-refractivity contribution in [1.82, 2.24) is 4.98 Å². The lowest BCUT2D eigenvalue weighted by Crippen LogP contribution is -2.03. The highest BCUT2D eigenvalue weighted by atomic mass is 32.1. The molecule has 0 fully saturated rings. The molecule has 0 amide bonds. The van der Waals surface area contributed by atoms with Crippen molar-refractivity contribution in [2.45, 2.75) is 20.0 Å². The quantitative estimate of drug-likeness (QED) is 0.883. The van der Waals surface area contributed by atoms with E-state index in [-0.39, 0.29) is 6.61 Å². The monoisotopic (exact) mass is 279 g/mol. The highest BCUT2D eigenvalue weighted by molar-refractivity contribution is 7.09. The van der Waals surface area contributed by atoms with Crippen LogP contribution in [0, 0.1) is 6.92 Å². The topological polar surface area (TPSA) is 51.6 Å². The lowest BCUT2D eigenvalue weighted by atomic mass is 10.2. The van der Waals surface area contributed by atoms with Crippen LogP contribution >= 0.6 is 11.3 Å².